The Hall–Kier alpha value is -1.11. The molecule has 3 amide bonds. The van der Waals surface area contributed by atoms with Crippen molar-refractivity contribution in [3.05, 3.63) is 0 Å². The fourth-order valence-corrected chi connectivity index (χ4v) is 1.14. The van der Waals surface area contributed by atoms with E-state index in [9.17, 15) is 9.59 Å². The maximum Gasteiger partial charge on any atom is 0.407 e. The molecule has 0 rings (SSSR count). The summed E-state index contributed by atoms with van der Waals surface area (Å²) in [4.78, 5) is 21.8. The predicted molar refractivity (Wildman–Crippen MR) is 68.7 cm³/mol. The van der Waals surface area contributed by atoms with Gasteiger partial charge in [0.05, 0.1) is 0 Å². The first kappa shape index (κ1) is 15.9. The van der Waals surface area contributed by atoms with Gasteiger partial charge in [0, 0.05) is 13.1 Å². The average Bonchev–Trinajstić information content (AvgIpc) is 2.13. The van der Waals surface area contributed by atoms with Gasteiger partial charge >= 0.3 is 12.1 Å². The molecule has 100 valence electrons. The van der Waals surface area contributed by atoms with Crippen molar-refractivity contribution in [2.45, 2.75) is 39.2 Å². The van der Waals surface area contributed by atoms with Crippen LogP contribution in [0.5, 0.6) is 0 Å². The lowest BCUT2D eigenvalue weighted by Gasteiger charge is -2.19. The van der Waals surface area contributed by atoms with Gasteiger partial charge in [-0.3, -0.25) is 4.31 Å². The van der Waals surface area contributed by atoms with Crippen LogP contribution in [0.2, 0.25) is 0 Å². The number of ether oxygens (including phenoxy) is 1. The summed E-state index contributed by atoms with van der Waals surface area (Å²) in [6.07, 6.45) is 1.00. The first-order chi connectivity index (χ1) is 7.72. The third-order valence-electron chi connectivity index (χ3n) is 1.72. The summed E-state index contributed by atoms with van der Waals surface area (Å²) in [5, 5.41) is 2.62. The monoisotopic (exact) mass is 263 g/mol. The number of thiol groups is 1. The van der Waals surface area contributed by atoms with E-state index < -0.39 is 17.7 Å². The molecule has 0 bridgehead atoms. The molecule has 0 heterocycles. The Morgan fingerprint density at radius 3 is 2.41 bits per heavy atom. The molecular formula is C10H21N3O3S. The van der Waals surface area contributed by atoms with Gasteiger partial charge in [-0.2, -0.15) is 0 Å². The normalized spacial score (nSPS) is 10.8. The number of nitrogens with zero attached hydrogens (tertiary/aromatic N) is 1. The van der Waals surface area contributed by atoms with Gasteiger partial charge in [-0.1, -0.05) is 12.8 Å². The van der Waals surface area contributed by atoms with Gasteiger partial charge in [0.25, 0.3) is 0 Å². The number of urea groups is 1. The smallest absolute Gasteiger partial charge is 0.407 e. The van der Waals surface area contributed by atoms with Crippen LogP contribution in [0.15, 0.2) is 0 Å². The number of carbonyl (C=O) groups is 2. The summed E-state index contributed by atoms with van der Waals surface area (Å²) in [7, 11) is 0. The summed E-state index contributed by atoms with van der Waals surface area (Å²) in [5.74, 6) is 0. The zero-order valence-corrected chi connectivity index (χ0v) is 11.4. The molecule has 0 aromatic carbocycles. The molecule has 0 aromatic heterocycles. The number of carbonyl (C=O) groups excluding carboxylic acids is 2. The molecule has 0 aromatic rings. The number of alkyl carbamates (subject to hydrolysis) is 1. The molecule has 6 nitrogen and oxygen atoms in total. The zero-order valence-electron chi connectivity index (χ0n) is 10.5. The Balaban J connectivity index is 3.52. The molecular weight excluding hydrogens is 242 g/mol. The van der Waals surface area contributed by atoms with Crippen molar-refractivity contribution in [2.24, 2.45) is 5.73 Å². The number of hydrogen-bond acceptors (Lipinski definition) is 4. The van der Waals surface area contributed by atoms with E-state index in [0.29, 0.717) is 19.5 Å². The fraction of sp³-hybridized carbons (Fsp3) is 0.800. The number of primary amides is 1. The topological polar surface area (TPSA) is 84.7 Å². The van der Waals surface area contributed by atoms with Gasteiger partial charge < -0.3 is 15.8 Å². The SMILES string of the molecule is CC(C)(C)OC(=O)NCCCCN(S)C(N)=O. The Labute approximate surface area is 107 Å². The molecule has 0 spiro atoms. The fourth-order valence-electron chi connectivity index (χ4n) is 1.00. The van der Waals surface area contributed by atoms with E-state index in [1.54, 1.807) is 20.8 Å². The summed E-state index contributed by atoms with van der Waals surface area (Å²) in [6.45, 7) is 6.36. The number of amides is 3. The van der Waals surface area contributed by atoms with E-state index in [1.807, 2.05) is 0 Å². The van der Waals surface area contributed by atoms with Crippen LogP contribution in [0.3, 0.4) is 0 Å². The zero-order chi connectivity index (χ0) is 13.5. The predicted octanol–water partition coefficient (Wildman–Crippen LogP) is 1.52. The van der Waals surface area contributed by atoms with Crippen molar-refractivity contribution in [1.82, 2.24) is 9.62 Å². The summed E-state index contributed by atoms with van der Waals surface area (Å²) in [6, 6.07) is -0.576. The third-order valence-corrected chi connectivity index (χ3v) is 2.12. The minimum atomic E-state index is -0.576. The van der Waals surface area contributed by atoms with Crippen LogP contribution < -0.4 is 11.1 Å². The number of nitrogens with two attached hydrogens (primary N) is 1. The maximum absolute atomic E-state index is 11.2. The van der Waals surface area contributed by atoms with Gasteiger partial charge in [0.1, 0.15) is 5.60 Å². The standard InChI is InChI=1S/C10H21N3O3S/c1-10(2,3)16-9(15)12-6-4-5-7-13(17)8(11)14/h17H,4-7H2,1-3H3,(H2,11,14)(H,12,15). The highest BCUT2D eigenvalue weighted by atomic mass is 32.1. The van der Waals surface area contributed by atoms with Crippen molar-refractivity contribution < 1.29 is 14.3 Å². The Kier molecular flexibility index (Phi) is 6.79. The van der Waals surface area contributed by atoms with Gasteiger partial charge in [0.15, 0.2) is 0 Å². The Bertz CT molecular complexity index is 266. The van der Waals surface area contributed by atoms with E-state index in [-0.39, 0.29) is 0 Å². The van der Waals surface area contributed by atoms with Crippen molar-refractivity contribution >= 4 is 24.9 Å². The molecule has 0 fully saturated rings. The van der Waals surface area contributed by atoms with Crippen LogP contribution in [0.4, 0.5) is 9.59 Å². The van der Waals surface area contributed by atoms with Gasteiger partial charge in [0.2, 0.25) is 0 Å². The van der Waals surface area contributed by atoms with Crippen LogP contribution in [-0.4, -0.2) is 35.1 Å². The minimum Gasteiger partial charge on any atom is -0.444 e. The molecule has 0 aliphatic carbocycles. The van der Waals surface area contributed by atoms with Crippen molar-refractivity contribution in [1.29, 1.82) is 0 Å². The van der Waals surface area contributed by atoms with E-state index in [0.717, 1.165) is 10.7 Å². The molecule has 0 aliphatic rings. The lowest BCUT2D eigenvalue weighted by molar-refractivity contribution is 0.0527. The molecule has 0 saturated heterocycles. The number of unbranched alkanes of at least 4 members (excludes halogenated alkanes) is 1. The summed E-state index contributed by atoms with van der Waals surface area (Å²) < 4.78 is 6.19. The van der Waals surface area contributed by atoms with E-state index in [4.69, 9.17) is 10.5 Å². The maximum atomic E-state index is 11.2. The molecule has 0 unspecified atom stereocenters. The lowest BCUT2D eigenvalue weighted by atomic mass is 10.2. The number of nitrogens with one attached hydrogen (secondary N) is 1. The molecule has 0 saturated carbocycles. The van der Waals surface area contributed by atoms with Crippen molar-refractivity contribution in [2.75, 3.05) is 13.1 Å². The first-order valence-electron chi connectivity index (χ1n) is 5.45. The molecule has 0 aliphatic heterocycles. The van der Waals surface area contributed by atoms with E-state index in [1.165, 1.54) is 0 Å². The Morgan fingerprint density at radius 1 is 1.35 bits per heavy atom. The van der Waals surface area contributed by atoms with E-state index >= 15 is 0 Å². The van der Waals surface area contributed by atoms with Crippen molar-refractivity contribution in [3.63, 3.8) is 0 Å². The highest BCUT2D eigenvalue weighted by Crippen LogP contribution is 2.06. The van der Waals surface area contributed by atoms with Crippen molar-refractivity contribution in [3.8, 4) is 0 Å². The molecule has 17 heavy (non-hydrogen) atoms. The molecule has 3 N–H and O–H groups in total. The summed E-state index contributed by atoms with van der Waals surface area (Å²) >= 11 is 3.87. The Morgan fingerprint density at radius 2 is 1.94 bits per heavy atom. The van der Waals surface area contributed by atoms with Crippen LogP contribution >= 0.6 is 12.8 Å². The van der Waals surface area contributed by atoms with Gasteiger partial charge in [-0.15, -0.1) is 0 Å². The van der Waals surface area contributed by atoms with Crippen LogP contribution in [-0.2, 0) is 4.74 Å². The highest BCUT2D eigenvalue weighted by molar-refractivity contribution is 7.78. The summed E-state index contributed by atoms with van der Waals surface area (Å²) in [5.41, 5.74) is 4.50. The average molecular weight is 263 g/mol. The molecule has 7 heteroatoms. The molecule has 0 atom stereocenters. The number of hydrogen-bond donors (Lipinski definition) is 3. The first-order valence-corrected chi connectivity index (χ1v) is 5.85. The van der Waals surface area contributed by atoms with Crippen LogP contribution in [0.1, 0.15) is 33.6 Å². The second-order valence-electron chi connectivity index (χ2n) is 4.60. The number of rotatable bonds is 5. The van der Waals surface area contributed by atoms with Gasteiger partial charge in [-0.25, -0.2) is 9.59 Å². The second kappa shape index (κ2) is 7.26. The highest BCUT2D eigenvalue weighted by Gasteiger charge is 2.15. The second-order valence-corrected chi connectivity index (χ2v) is 5.08. The minimum absolute atomic E-state index is 0.435. The van der Waals surface area contributed by atoms with Crippen LogP contribution in [0.25, 0.3) is 0 Å². The third kappa shape index (κ3) is 9.80. The lowest BCUT2D eigenvalue weighted by Crippen LogP contribution is -2.33. The van der Waals surface area contributed by atoms with E-state index in [2.05, 4.69) is 18.1 Å². The molecule has 0 radical (unpaired) electrons. The van der Waals surface area contributed by atoms with Crippen LogP contribution in [0, 0.1) is 0 Å². The van der Waals surface area contributed by atoms with Gasteiger partial charge in [-0.05, 0) is 33.6 Å². The largest absolute Gasteiger partial charge is 0.444 e. The quantitative estimate of drug-likeness (QED) is 0.519.